The Morgan fingerprint density at radius 1 is 1.17 bits per heavy atom. The number of fused-ring (bicyclic) bond motifs is 1. The number of amides is 1. The largest absolute Gasteiger partial charge is 0.493 e. The first-order chi connectivity index (χ1) is 14.0. The third-order valence-corrected chi connectivity index (χ3v) is 5.63. The fraction of sp³-hybridized carbons (Fsp3) is 0.286. The SMILES string of the molecule is COc1ccc(C2CC3C(=O)N(Cc4c(F)cccc4Cl)C=CN3N2)cc1OC. The number of rotatable bonds is 5. The van der Waals surface area contributed by atoms with Crippen molar-refractivity contribution in [3.8, 4) is 11.5 Å². The van der Waals surface area contributed by atoms with Crippen molar-refractivity contribution in [2.75, 3.05) is 14.2 Å². The number of benzene rings is 2. The Kier molecular flexibility index (Phi) is 5.34. The number of hydrogen-bond acceptors (Lipinski definition) is 5. The van der Waals surface area contributed by atoms with E-state index in [1.807, 2.05) is 18.2 Å². The maximum Gasteiger partial charge on any atom is 0.251 e. The van der Waals surface area contributed by atoms with E-state index in [0.717, 1.165) is 5.56 Å². The molecular formula is C21H21ClFN3O3. The molecular weight excluding hydrogens is 397 g/mol. The number of nitrogens with one attached hydrogen (secondary N) is 1. The van der Waals surface area contributed by atoms with Gasteiger partial charge < -0.3 is 19.4 Å². The molecule has 6 nitrogen and oxygen atoms in total. The number of halogens is 2. The highest BCUT2D eigenvalue weighted by Gasteiger charge is 2.40. The van der Waals surface area contributed by atoms with Gasteiger partial charge in [-0.25, -0.2) is 9.82 Å². The predicted octanol–water partition coefficient (Wildman–Crippen LogP) is 3.63. The van der Waals surface area contributed by atoms with Gasteiger partial charge in [-0.15, -0.1) is 0 Å². The molecule has 8 heteroatoms. The van der Waals surface area contributed by atoms with Crippen LogP contribution in [0.1, 0.15) is 23.6 Å². The minimum atomic E-state index is -0.422. The van der Waals surface area contributed by atoms with Gasteiger partial charge in [0.05, 0.1) is 26.8 Å². The Morgan fingerprint density at radius 2 is 1.97 bits per heavy atom. The number of methoxy groups -OCH3 is 2. The van der Waals surface area contributed by atoms with Crippen LogP contribution in [-0.2, 0) is 11.3 Å². The smallest absolute Gasteiger partial charge is 0.251 e. The van der Waals surface area contributed by atoms with E-state index in [1.165, 1.54) is 11.0 Å². The average Bonchev–Trinajstić information content (AvgIpc) is 3.17. The number of carbonyl (C=O) groups is 1. The van der Waals surface area contributed by atoms with E-state index in [9.17, 15) is 9.18 Å². The summed E-state index contributed by atoms with van der Waals surface area (Å²) in [5.41, 5.74) is 4.63. The first-order valence-electron chi connectivity index (χ1n) is 9.20. The molecule has 2 unspecified atom stereocenters. The topological polar surface area (TPSA) is 54.0 Å². The van der Waals surface area contributed by atoms with E-state index in [0.29, 0.717) is 28.5 Å². The molecule has 2 aliphatic heterocycles. The van der Waals surface area contributed by atoms with Crippen molar-refractivity contribution in [2.24, 2.45) is 0 Å². The van der Waals surface area contributed by atoms with Crippen molar-refractivity contribution in [2.45, 2.75) is 25.0 Å². The van der Waals surface area contributed by atoms with Crippen LogP contribution in [0.3, 0.4) is 0 Å². The van der Waals surface area contributed by atoms with Crippen molar-refractivity contribution in [3.05, 3.63) is 70.8 Å². The van der Waals surface area contributed by atoms with Gasteiger partial charge in [0.15, 0.2) is 11.5 Å². The van der Waals surface area contributed by atoms with Gasteiger partial charge in [0.25, 0.3) is 5.91 Å². The molecule has 0 spiro atoms. The first-order valence-corrected chi connectivity index (χ1v) is 9.57. The molecule has 1 amide bonds. The molecule has 0 aliphatic carbocycles. The molecule has 0 aromatic heterocycles. The van der Waals surface area contributed by atoms with Crippen LogP contribution in [0.25, 0.3) is 0 Å². The van der Waals surface area contributed by atoms with Crippen LogP contribution < -0.4 is 14.9 Å². The van der Waals surface area contributed by atoms with Crippen LogP contribution in [0, 0.1) is 5.82 Å². The highest BCUT2D eigenvalue weighted by molar-refractivity contribution is 6.31. The van der Waals surface area contributed by atoms with Crippen LogP contribution in [-0.4, -0.2) is 36.1 Å². The summed E-state index contributed by atoms with van der Waals surface area (Å²) in [5.74, 6) is 0.751. The summed E-state index contributed by atoms with van der Waals surface area (Å²) in [6.45, 7) is 0.0895. The molecule has 2 aliphatic rings. The van der Waals surface area contributed by atoms with Gasteiger partial charge >= 0.3 is 0 Å². The van der Waals surface area contributed by atoms with Crippen molar-refractivity contribution in [1.82, 2.24) is 15.3 Å². The van der Waals surface area contributed by atoms with E-state index >= 15 is 0 Å². The highest BCUT2D eigenvalue weighted by atomic mass is 35.5. The van der Waals surface area contributed by atoms with Gasteiger partial charge in [-0.05, 0) is 36.2 Å². The molecule has 152 valence electrons. The molecule has 0 radical (unpaired) electrons. The van der Waals surface area contributed by atoms with Crippen molar-refractivity contribution >= 4 is 17.5 Å². The second-order valence-electron chi connectivity index (χ2n) is 6.92. The molecule has 1 N–H and O–H groups in total. The Labute approximate surface area is 173 Å². The zero-order chi connectivity index (χ0) is 20.5. The predicted molar refractivity (Wildman–Crippen MR) is 107 cm³/mol. The van der Waals surface area contributed by atoms with Crippen LogP contribution in [0.4, 0.5) is 4.39 Å². The second kappa shape index (κ2) is 7.93. The van der Waals surface area contributed by atoms with Crippen LogP contribution in [0.2, 0.25) is 5.02 Å². The second-order valence-corrected chi connectivity index (χ2v) is 7.33. The molecule has 29 heavy (non-hydrogen) atoms. The molecule has 1 fully saturated rings. The number of nitrogens with zero attached hydrogens (tertiary/aromatic N) is 2. The van der Waals surface area contributed by atoms with Crippen molar-refractivity contribution in [3.63, 3.8) is 0 Å². The van der Waals surface area contributed by atoms with Gasteiger partial charge in [0, 0.05) is 23.0 Å². The van der Waals surface area contributed by atoms with E-state index in [-0.39, 0.29) is 24.5 Å². The molecule has 1 saturated heterocycles. The summed E-state index contributed by atoms with van der Waals surface area (Å²) in [7, 11) is 3.18. The summed E-state index contributed by atoms with van der Waals surface area (Å²) in [6, 6.07) is 9.75. The van der Waals surface area contributed by atoms with Gasteiger partial charge in [0.1, 0.15) is 11.9 Å². The minimum absolute atomic E-state index is 0.0644. The molecule has 2 aromatic rings. The Morgan fingerprint density at radius 3 is 2.69 bits per heavy atom. The maximum absolute atomic E-state index is 14.1. The lowest BCUT2D eigenvalue weighted by Crippen LogP contribution is -2.47. The summed E-state index contributed by atoms with van der Waals surface area (Å²) >= 11 is 6.12. The van der Waals surface area contributed by atoms with E-state index in [2.05, 4.69) is 5.43 Å². The Balaban J connectivity index is 1.52. The van der Waals surface area contributed by atoms with E-state index < -0.39 is 5.82 Å². The lowest BCUT2D eigenvalue weighted by molar-refractivity contribution is -0.135. The quantitative estimate of drug-likeness (QED) is 0.805. The van der Waals surface area contributed by atoms with E-state index in [1.54, 1.807) is 43.8 Å². The van der Waals surface area contributed by atoms with Gasteiger partial charge in [-0.3, -0.25) is 4.79 Å². The maximum atomic E-state index is 14.1. The third-order valence-electron chi connectivity index (χ3n) is 5.28. The zero-order valence-corrected chi connectivity index (χ0v) is 16.8. The van der Waals surface area contributed by atoms with Gasteiger partial charge in [-0.2, -0.15) is 0 Å². The van der Waals surface area contributed by atoms with Crippen molar-refractivity contribution < 1.29 is 18.7 Å². The minimum Gasteiger partial charge on any atom is -0.493 e. The summed E-state index contributed by atoms with van der Waals surface area (Å²) < 4.78 is 24.8. The summed E-state index contributed by atoms with van der Waals surface area (Å²) in [5, 5.41) is 2.10. The average molecular weight is 418 g/mol. The molecule has 2 atom stereocenters. The molecule has 2 aromatic carbocycles. The van der Waals surface area contributed by atoms with Crippen molar-refractivity contribution in [1.29, 1.82) is 0 Å². The van der Waals surface area contributed by atoms with Gasteiger partial charge in [0.2, 0.25) is 0 Å². The summed E-state index contributed by atoms with van der Waals surface area (Å²) in [4.78, 5) is 14.5. The Hall–Kier alpha value is -2.77. The summed E-state index contributed by atoms with van der Waals surface area (Å²) in [6.07, 6.45) is 4.01. The fourth-order valence-electron chi connectivity index (χ4n) is 3.71. The standard InChI is InChI=1S/C21H21ClFN3O3/c1-28-19-7-6-13(10-20(19)29-2)17-11-18-21(27)25(8-9-26(18)24-17)12-14-15(22)4-3-5-16(14)23/h3-10,17-18,24H,11-12H2,1-2H3. The molecule has 2 heterocycles. The van der Waals surface area contributed by atoms with E-state index in [4.69, 9.17) is 21.1 Å². The number of carbonyl (C=O) groups excluding carboxylic acids is 1. The normalized spacial score (nSPS) is 20.8. The number of ether oxygens (including phenoxy) is 2. The molecule has 0 bridgehead atoms. The van der Waals surface area contributed by atoms with Gasteiger partial charge in [-0.1, -0.05) is 23.7 Å². The monoisotopic (exact) mass is 417 g/mol. The number of hydrazine groups is 1. The molecule has 0 saturated carbocycles. The Bertz CT molecular complexity index is 948. The number of hydrogen-bond donors (Lipinski definition) is 1. The lowest BCUT2D eigenvalue weighted by Gasteiger charge is -2.32. The first kappa shape index (κ1) is 19.5. The highest BCUT2D eigenvalue weighted by Crippen LogP contribution is 2.36. The fourth-order valence-corrected chi connectivity index (χ4v) is 3.93. The zero-order valence-electron chi connectivity index (χ0n) is 16.1. The van der Waals surface area contributed by atoms with Crippen LogP contribution in [0.15, 0.2) is 48.8 Å². The third kappa shape index (κ3) is 3.63. The lowest BCUT2D eigenvalue weighted by atomic mass is 10.00. The van der Waals surface area contributed by atoms with Crippen LogP contribution >= 0.6 is 11.6 Å². The van der Waals surface area contributed by atoms with Crippen LogP contribution in [0.5, 0.6) is 11.5 Å². The molecule has 4 rings (SSSR count).